The third-order valence-corrected chi connectivity index (χ3v) is 5.40. The van der Waals surface area contributed by atoms with E-state index < -0.39 is 30.1 Å². The molecule has 0 heterocycles. The number of carbonyl (C=O) groups excluding carboxylic acids is 2. The molecule has 0 radical (unpaired) electrons. The fourth-order valence-corrected chi connectivity index (χ4v) is 3.50. The Morgan fingerprint density at radius 2 is 1.35 bits per heavy atom. The van der Waals surface area contributed by atoms with Crippen LogP contribution in [0.5, 0.6) is 0 Å². The molecule has 0 aliphatic rings. The number of carboxylic acid groups (broad SMARTS) is 1. The second-order valence-corrected chi connectivity index (χ2v) is 7.98. The topological polar surface area (TPSA) is 105 Å². The van der Waals surface area contributed by atoms with E-state index in [4.69, 9.17) is 4.74 Å². The van der Waals surface area contributed by atoms with Crippen LogP contribution in [-0.4, -0.2) is 35.2 Å². The number of nitrogens with one attached hydrogen (secondary N) is 2. The van der Waals surface area contributed by atoms with Crippen LogP contribution in [0.3, 0.4) is 0 Å². The summed E-state index contributed by atoms with van der Waals surface area (Å²) in [4.78, 5) is 37.4. The molecule has 7 nitrogen and oxygen atoms in total. The molecule has 0 aliphatic carbocycles. The summed E-state index contributed by atoms with van der Waals surface area (Å²) >= 11 is 0. The van der Waals surface area contributed by atoms with E-state index >= 15 is 0 Å². The van der Waals surface area contributed by atoms with Crippen LogP contribution in [0.25, 0.3) is 0 Å². The molecule has 3 rings (SSSR count). The zero-order chi connectivity index (χ0) is 24.3. The molecule has 2 atom stereocenters. The molecule has 0 aromatic heterocycles. The van der Waals surface area contributed by atoms with Crippen LogP contribution in [0, 0.1) is 6.92 Å². The van der Waals surface area contributed by atoms with Crippen molar-refractivity contribution in [1.29, 1.82) is 0 Å². The van der Waals surface area contributed by atoms with Crippen molar-refractivity contribution in [3.05, 3.63) is 107 Å². The number of amides is 2. The number of hydrogen-bond donors (Lipinski definition) is 3. The summed E-state index contributed by atoms with van der Waals surface area (Å²) < 4.78 is 5.26. The van der Waals surface area contributed by atoms with Gasteiger partial charge in [0.25, 0.3) is 0 Å². The van der Waals surface area contributed by atoms with Gasteiger partial charge in [0.05, 0.1) is 0 Å². The second kappa shape index (κ2) is 12.2. The smallest absolute Gasteiger partial charge is 0.408 e. The molecule has 7 heteroatoms. The number of benzene rings is 3. The van der Waals surface area contributed by atoms with E-state index in [2.05, 4.69) is 10.6 Å². The summed E-state index contributed by atoms with van der Waals surface area (Å²) in [6.45, 7) is 1.94. The van der Waals surface area contributed by atoms with Gasteiger partial charge in [0.2, 0.25) is 5.91 Å². The first-order valence-corrected chi connectivity index (χ1v) is 11.0. The van der Waals surface area contributed by atoms with E-state index in [-0.39, 0.29) is 19.4 Å². The lowest BCUT2D eigenvalue weighted by molar-refractivity contribution is -0.142. The van der Waals surface area contributed by atoms with E-state index in [0.29, 0.717) is 0 Å². The van der Waals surface area contributed by atoms with Crippen molar-refractivity contribution in [2.45, 2.75) is 38.5 Å². The van der Waals surface area contributed by atoms with Crippen molar-refractivity contribution in [3.8, 4) is 0 Å². The summed E-state index contributed by atoms with van der Waals surface area (Å²) in [6.07, 6.45) is -0.445. The maximum atomic E-state index is 13.1. The third-order valence-electron chi connectivity index (χ3n) is 5.40. The Kier molecular flexibility index (Phi) is 8.80. The first kappa shape index (κ1) is 24.5. The monoisotopic (exact) mass is 460 g/mol. The van der Waals surface area contributed by atoms with Crippen LogP contribution in [-0.2, 0) is 33.8 Å². The minimum atomic E-state index is -1.15. The number of rotatable bonds is 10. The minimum absolute atomic E-state index is 0.0530. The van der Waals surface area contributed by atoms with Gasteiger partial charge < -0.3 is 20.5 Å². The van der Waals surface area contributed by atoms with E-state index in [0.717, 1.165) is 22.3 Å². The largest absolute Gasteiger partial charge is 0.480 e. The van der Waals surface area contributed by atoms with Gasteiger partial charge in [0, 0.05) is 12.8 Å². The summed E-state index contributed by atoms with van der Waals surface area (Å²) in [7, 11) is 0. The van der Waals surface area contributed by atoms with Crippen LogP contribution >= 0.6 is 0 Å². The zero-order valence-corrected chi connectivity index (χ0v) is 18.9. The Balaban J connectivity index is 1.70. The van der Waals surface area contributed by atoms with Crippen LogP contribution in [0.4, 0.5) is 4.79 Å². The summed E-state index contributed by atoms with van der Waals surface area (Å²) in [5.74, 6) is -1.75. The molecule has 0 saturated heterocycles. The lowest BCUT2D eigenvalue weighted by Crippen LogP contribution is -2.53. The molecule has 3 aromatic rings. The Bertz CT molecular complexity index is 1100. The fraction of sp³-hybridized carbons (Fsp3) is 0.222. The number of hydrogen-bond acceptors (Lipinski definition) is 4. The standard InChI is InChI=1S/C27H28N2O5/c1-19-10-8-9-15-22(19)17-24(26(31)32)28-25(30)23(16-20-11-4-2-5-12-20)29-27(33)34-18-21-13-6-3-7-14-21/h2-15,23-24H,16-18H2,1H3,(H,28,30)(H,29,33)(H,31,32)/t23-,24-/m0/s1. The van der Waals surface area contributed by atoms with E-state index in [1.807, 2.05) is 91.9 Å². The molecule has 0 bridgehead atoms. The maximum Gasteiger partial charge on any atom is 0.408 e. The Morgan fingerprint density at radius 1 is 0.765 bits per heavy atom. The zero-order valence-electron chi connectivity index (χ0n) is 18.9. The van der Waals surface area contributed by atoms with Gasteiger partial charge in [-0.25, -0.2) is 9.59 Å². The highest BCUT2D eigenvalue weighted by Crippen LogP contribution is 2.11. The molecule has 0 saturated carbocycles. The van der Waals surface area contributed by atoms with Crippen molar-refractivity contribution in [2.75, 3.05) is 0 Å². The number of carboxylic acids is 1. The Labute approximate surface area is 198 Å². The van der Waals surface area contributed by atoms with Crippen molar-refractivity contribution < 1.29 is 24.2 Å². The van der Waals surface area contributed by atoms with Gasteiger partial charge in [-0.05, 0) is 29.2 Å². The normalized spacial score (nSPS) is 12.3. The Morgan fingerprint density at radius 3 is 1.97 bits per heavy atom. The summed E-state index contributed by atoms with van der Waals surface area (Å²) in [5, 5.41) is 14.9. The molecule has 3 N–H and O–H groups in total. The predicted octanol–water partition coefficient (Wildman–Crippen LogP) is 3.64. The van der Waals surface area contributed by atoms with Crippen molar-refractivity contribution in [1.82, 2.24) is 10.6 Å². The van der Waals surface area contributed by atoms with Crippen LogP contribution in [0.1, 0.15) is 22.3 Å². The SMILES string of the molecule is Cc1ccccc1C[C@H](NC(=O)[C@H](Cc1ccccc1)NC(=O)OCc1ccccc1)C(=O)O. The van der Waals surface area contributed by atoms with Crippen molar-refractivity contribution >= 4 is 18.0 Å². The van der Waals surface area contributed by atoms with Gasteiger partial charge in [0.1, 0.15) is 18.7 Å². The van der Waals surface area contributed by atoms with Gasteiger partial charge in [-0.2, -0.15) is 0 Å². The van der Waals surface area contributed by atoms with Crippen LogP contribution in [0.2, 0.25) is 0 Å². The molecule has 0 unspecified atom stereocenters. The summed E-state index contributed by atoms with van der Waals surface area (Å²) in [6, 6.07) is 23.6. The predicted molar refractivity (Wildman–Crippen MR) is 128 cm³/mol. The number of aryl methyl sites for hydroxylation is 1. The van der Waals surface area contributed by atoms with Crippen LogP contribution in [0.15, 0.2) is 84.9 Å². The average Bonchev–Trinajstić information content (AvgIpc) is 2.84. The number of ether oxygens (including phenoxy) is 1. The highest BCUT2D eigenvalue weighted by Gasteiger charge is 2.27. The average molecular weight is 461 g/mol. The van der Waals surface area contributed by atoms with E-state index in [1.54, 1.807) is 0 Å². The molecule has 0 fully saturated rings. The molecule has 0 spiro atoms. The van der Waals surface area contributed by atoms with Gasteiger partial charge >= 0.3 is 12.1 Å². The first-order chi connectivity index (χ1) is 16.4. The maximum absolute atomic E-state index is 13.1. The Hall–Kier alpha value is -4.13. The fourth-order valence-electron chi connectivity index (χ4n) is 3.50. The lowest BCUT2D eigenvalue weighted by atomic mass is 10.00. The molecule has 0 aliphatic heterocycles. The molecular weight excluding hydrogens is 432 g/mol. The molecule has 3 aromatic carbocycles. The van der Waals surface area contributed by atoms with Crippen molar-refractivity contribution in [3.63, 3.8) is 0 Å². The number of alkyl carbamates (subject to hydrolysis) is 1. The highest BCUT2D eigenvalue weighted by atomic mass is 16.5. The van der Waals surface area contributed by atoms with Gasteiger partial charge in [-0.15, -0.1) is 0 Å². The lowest BCUT2D eigenvalue weighted by Gasteiger charge is -2.22. The van der Waals surface area contributed by atoms with E-state index in [9.17, 15) is 19.5 Å². The first-order valence-electron chi connectivity index (χ1n) is 11.0. The van der Waals surface area contributed by atoms with Gasteiger partial charge in [-0.1, -0.05) is 84.9 Å². The van der Waals surface area contributed by atoms with Crippen LogP contribution < -0.4 is 10.6 Å². The quantitative estimate of drug-likeness (QED) is 0.428. The third kappa shape index (κ3) is 7.48. The molecular formula is C27H28N2O5. The van der Waals surface area contributed by atoms with E-state index in [1.165, 1.54) is 0 Å². The minimum Gasteiger partial charge on any atom is -0.480 e. The molecule has 2 amide bonds. The molecule has 34 heavy (non-hydrogen) atoms. The number of aliphatic carboxylic acids is 1. The summed E-state index contributed by atoms with van der Waals surface area (Å²) in [5.41, 5.74) is 3.39. The van der Waals surface area contributed by atoms with Crippen molar-refractivity contribution in [2.24, 2.45) is 0 Å². The van der Waals surface area contributed by atoms with Gasteiger partial charge in [-0.3, -0.25) is 4.79 Å². The second-order valence-electron chi connectivity index (χ2n) is 7.98. The highest BCUT2D eigenvalue weighted by molar-refractivity contribution is 5.89. The number of carbonyl (C=O) groups is 3. The van der Waals surface area contributed by atoms with Gasteiger partial charge in [0.15, 0.2) is 0 Å². The molecule has 176 valence electrons.